The van der Waals surface area contributed by atoms with Crippen LogP contribution in [0.1, 0.15) is 19.4 Å². The Bertz CT molecular complexity index is 420. The van der Waals surface area contributed by atoms with Crippen LogP contribution in [0.3, 0.4) is 0 Å². The van der Waals surface area contributed by atoms with Crippen molar-refractivity contribution in [1.29, 1.82) is 0 Å². The van der Waals surface area contributed by atoms with Crippen molar-refractivity contribution >= 4 is 11.3 Å². The van der Waals surface area contributed by atoms with Crippen LogP contribution in [0.4, 0.5) is 0 Å². The first kappa shape index (κ1) is 11.3. The standard InChI is InChI=1S/C13H15NOS/c1-10(2)15-9-11-3-5-12(6-4-11)13-14-7-8-16-13/h3-8,10H,9H2,1-2H3. The lowest BCUT2D eigenvalue weighted by atomic mass is 10.1. The van der Waals surface area contributed by atoms with Crippen LogP contribution in [0.5, 0.6) is 0 Å². The molecule has 0 aliphatic carbocycles. The summed E-state index contributed by atoms with van der Waals surface area (Å²) in [6.45, 7) is 4.77. The van der Waals surface area contributed by atoms with E-state index in [-0.39, 0.29) is 6.10 Å². The fraction of sp³-hybridized carbons (Fsp3) is 0.308. The van der Waals surface area contributed by atoms with Gasteiger partial charge in [0, 0.05) is 17.1 Å². The van der Waals surface area contributed by atoms with E-state index in [1.807, 2.05) is 25.4 Å². The summed E-state index contributed by atoms with van der Waals surface area (Å²) in [5.74, 6) is 0. The lowest BCUT2D eigenvalue weighted by Gasteiger charge is -2.07. The molecule has 84 valence electrons. The second-order valence-electron chi connectivity index (χ2n) is 3.89. The molecule has 1 heterocycles. The Morgan fingerprint density at radius 1 is 1.25 bits per heavy atom. The highest BCUT2D eigenvalue weighted by molar-refractivity contribution is 7.13. The zero-order valence-corrected chi connectivity index (χ0v) is 10.3. The largest absolute Gasteiger partial charge is 0.374 e. The second kappa shape index (κ2) is 5.23. The second-order valence-corrected chi connectivity index (χ2v) is 4.79. The smallest absolute Gasteiger partial charge is 0.123 e. The minimum Gasteiger partial charge on any atom is -0.374 e. The van der Waals surface area contributed by atoms with Crippen LogP contribution in [0.25, 0.3) is 10.6 Å². The fourth-order valence-corrected chi connectivity index (χ4v) is 2.02. The number of benzene rings is 1. The van der Waals surface area contributed by atoms with Crippen LogP contribution < -0.4 is 0 Å². The van der Waals surface area contributed by atoms with Gasteiger partial charge in [-0.25, -0.2) is 4.98 Å². The Labute approximate surface area is 99.9 Å². The average molecular weight is 233 g/mol. The molecule has 16 heavy (non-hydrogen) atoms. The van der Waals surface area contributed by atoms with Gasteiger partial charge in [0.2, 0.25) is 0 Å². The van der Waals surface area contributed by atoms with E-state index in [1.165, 1.54) is 11.1 Å². The maximum absolute atomic E-state index is 5.55. The third-order valence-electron chi connectivity index (χ3n) is 2.22. The molecule has 3 heteroatoms. The maximum atomic E-state index is 5.55. The monoisotopic (exact) mass is 233 g/mol. The van der Waals surface area contributed by atoms with E-state index in [9.17, 15) is 0 Å². The van der Waals surface area contributed by atoms with Crippen molar-refractivity contribution in [1.82, 2.24) is 4.98 Å². The predicted octanol–water partition coefficient (Wildman–Crippen LogP) is 3.74. The van der Waals surface area contributed by atoms with Crippen molar-refractivity contribution < 1.29 is 4.74 Å². The van der Waals surface area contributed by atoms with Gasteiger partial charge in [-0.05, 0) is 19.4 Å². The number of rotatable bonds is 4. The van der Waals surface area contributed by atoms with Crippen molar-refractivity contribution in [3.8, 4) is 10.6 Å². The average Bonchev–Trinajstić information content (AvgIpc) is 2.80. The van der Waals surface area contributed by atoms with Gasteiger partial charge >= 0.3 is 0 Å². The van der Waals surface area contributed by atoms with Crippen LogP contribution in [-0.4, -0.2) is 11.1 Å². The highest BCUT2D eigenvalue weighted by atomic mass is 32.1. The van der Waals surface area contributed by atoms with Gasteiger partial charge in [0.15, 0.2) is 0 Å². The Balaban J connectivity index is 2.05. The Morgan fingerprint density at radius 3 is 2.56 bits per heavy atom. The Kier molecular flexibility index (Phi) is 3.70. The topological polar surface area (TPSA) is 22.1 Å². The third-order valence-corrected chi connectivity index (χ3v) is 3.04. The quantitative estimate of drug-likeness (QED) is 0.802. The summed E-state index contributed by atoms with van der Waals surface area (Å²) in [6.07, 6.45) is 2.11. The van der Waals surface area contributed by atoms with E-state index in [4.69, 9.17) is 4.74 Å². The molecule has 0 radical (unpaired) electrons. The number of hydrogen-bond acceptors (Lipinski definition) is 3. The van der Waals surface area contributed by atoms with Gasteiger partial charge in [0.05, 0.1) is 12.7 Å². The molecule has 1 aromatic heterocycles. The van der Waals surface area contributed by atoms with Crippen molar-refractivity contribution in [2.45, 2.75) is 26.6 Å². The first-order chi connectivity index (χ1) is 7.75. The molecule has 0 atom stereocenters. The van der Waals surface area contributed by atoms with E-state index >= 15 is 0 Å². The molecule has 0 bridgehead atoms. The molecule has 2 aromatic rings. The van der Waals surface area contributed by atoms with Gasteiger partial charge in [-0.15, -0.1) is 11.3 Å². The van der Waals surface area contributed by atoms with Gasteiger partial charge < -0.3 is 4.74 Å². The van der Waals surface area contributed by atoms with Gasteiger partial charge in [-0.2, -0.15) is 0 Å². The van der Waals surface area contributed by atoms with Crippen molar-refractivity contribution in [3.05, 3.63) is 41.4 Å². The Morgan fingerprint density at radius 2 is 2.00 bits per heavy atom. The zero-order valence-electron chi connectivity index (χ0n) is 9.51. The van der Waals surface area contributed by atoms with E-state index in [0.717, 1.165) is 5.01 Å². The van der Waals surface area contributed by atoms with Crippen LogP contribution in [0.15, 0.2) is 35.8 Å². The molecule has 0 fully saturated rings. The number of thiazole rings is 1. The van der Waals surface area contributed by atoms with Crippen LogP contribution in [0.2, 0.25) is 0 Å². The molecular formula is C13H15NOS. The van der Waals surface area contributed by atoms with Crippen molar-refractivity contribution in [3.63, 3.8) is 0 Å². The Hall–Kier alpha value is -1.19. The van der Waals surface area contributed by atoms with Crippen LogP contribution in [0, 0.1) is 0 Å². The van der Waals surface area contributed by atoms with E-state index in [1.54, 1.807) is 11.3 Å². The molecule has 2 nitrogen and oxygen atoms in total. The normalized spacial score (nSPS) is 10.9. The summed E-state index contributed by atoms with van der Waals surface area (Å²) < 4.78 is 5.55. The summed E-state index contributed by atoms with van der Waals surface area (Å²) in [5.41, 5.74) is 2.37. The van der Waals surface area contributed by atoms with Crippen LogP contribution in [-0.2, 0) is 11.3 Å². The molecule has 0 saturated heterocycles. The summed E-state index contributed by atoms with van der Waals surface area (Å²) in [4.78, 5) is 4.28. The molecule has 0 N–H and O–H groups in total. The van der Waals surface area contributed by atoms with Gasteiger partial charge in [0.25, 0.3) is 0 Å². The molecule has 0 spiro atoms. The first-order valence-corrected chi connectivity index (χ1v) is 6.24. The van der Waals surface area contributed by atoms with E-state index < -0.39 is 0 Å². The van der Waals surface area contributed by atoms with E-state index in [2.05, 4.69) is 29.2 Å². The lowest BCUT2D eigenvalue weighted by molar-refractivity contribution is 0.0657. The summed E-state index contributed by atoms with van der Waals surface area (Å²) in [6, 6.07) is 8.38. The number of nitrogens with zero attached hydrogens (tertiary/aromatic N) is 1. The van der Waals surface area contributed by atoms with Gasteiger partial charge in [0.1, 0.15) is 5.01 Å². The fourth-order valence-electron chi connectivity index (χ4n) is 1.37. The number of hydrogen-bond donors (Lipinski definition) is 0. The predicted molar refractivity (Wildman–Crippen MR) is 67.5 cm³/mol. The maximum Gasteiger partial charge on any atom is 0.123 e. The lowest BCUT2D eigenvalue weighted by Crippen LogP contribution is -2.01. The third kappa shape index (κ3) is 2.90. The zero-order chi connectivity index (χ0) is 11.4. The minimum atomic E-state index is 0.277. The SMILES string of the molecule is CC(C)OCc1ccc(-c2nccs2)cc1. The summed E-state index contributed by atoms with van der Waals surface area (Å²) >= 11 is 1.66. The molecule has 0 saturated carbocycles. The summed E-state index contributed by atoms with van der Waals surface area (Å²) in [7, 11) is 0. The summed E-state index contributed by atoms with van der Waals surface area (Å²) in [5, 5.41) is 3.06. The molecule has 0 unspecified atom stereocenters. The first-order valence-electron chi connectivity index (χ1n) is 5.36. The van der Waals surface area contributed by atoms with Crippen molar-refractivity contribution in [2.24, 2.45) is 0 Å². The van der Waals surface area contributed by atoms with Gasteiger partial charge in [-0.1, -0.05) is 24.3 Å². The molecule has 0 amide bonds. The highest BCUT2D eigenvalue weighted by Crippen LogP contribution is 2.21. The van der Waals surface area contributed by atoms with Gasteiger partial charge in [-0.3, -0.25) is 0 Å². The molecule has 0 aliphatic heterocycles. The number of ether oxygens (including phenoxy) is 1. The molecule has 0 aliphatic rings. The highest BCUT2D eigenvalue weighted by Gasteiger charge is 2.01. The van der Waals surface area contributed by atoms with Crippen molar-refractivity contribution in [2.75, 3.05) is 0 Å². The van der Waals surface area contributed by atoms with Crippen LogP contribution >= 0.6 is 11.3 Å². The number of aromatic nitrogens is 1. The molecular weight excluding hydrogens is 218 g/mol. The molecule has 1 aromatic carbocycles. The minimum absolute atomic E-state index is 0.277. The van der Waals surface area contributed by atoms with E-state index in [0.29, 0.717) is 6.61 Å². The molecule has 2 rings (SSSR count).